The van der Waals surface area contributed by atoms with Gasteiger partial charge < -0.3 is 4.90 Å². The maximum absolute atomic E-state index is 11.2. The van der Waals surface area contributed by atoms with E-state index in [9.17, 15) is 4.79 Å². The van der Waals surface area contributed by atoms with Gasteiger partial charge in [0, 0.05) is 35.3 Å². The second-order valence-electron chi connectivity index (χ2n) is 7.58. The molecule has 0 aromatic heterocycles. The number of hydrogen-bond acceptors (Lipinski definition) is 4. The molecule has 22 heavy (non-hydrogen) atoms. The number of allylic oxidation sites excluding steroid dienone is 5. The third-order valence-electron chi connectivity index (χ3n) is 3.44. The lowest BCUT2D eigenvalue weighted by atomic mass is 9.88. The average molecular weight is 299 g/mol. The van der Waals surface area contributed by atoms with Gasteiger partial charge in [-0.1, -0.05) is 20.8 Å². The topological polar surface area (TPSA) is 35.9 Å². The molecule has 0 aromatic carbocycles. The van der Waals surface area contributed by atoms with E-state index in [1.54, 1.807) is 12.2 Å². The summed E-state index contributed by atoms with van der Waals surface area (Å²) in [5.41, 5.74) is 1.97. The van der Waals surface area contributed by atoms with Crippen molar-refractivity contribution >= 4 is 11.5 Å². The normalized spacial score (nSPS) is 18.9. The van der Waals surface area contributed by atoms with Crippen molar-refractivity contribution in [1.29, 1.82) is 0 Å². The molecule has 0 N–H and O–H groups in total. The summed E-state index contributed by atoms with van der Waals surface area (Å²) < 4.78 is 0. The van der Waals surface area contributed by atoms with Crippen LogP contribution in [-0.4, -0.2) is 26.9 Å². The number of carbonyl (C=O) groups excluding carboxylic acids is 1. The Morgan fingerprint density at radius 3 is 2.00 bits per heavy atom. The molecule has 0 saturated heterocycles. The van der Waals surface area contributed by atoms with Crippen molar-refractivity contribution in [3.63, 3.8) is 0 Å². The molecule has 4 nitrogen and oxygen atoms in total. The minimum atomic E-state index is -0.00188. The first-order chi connectivity index (χ1) is 10.1. The summed E-state index contributed by atoms with van der Waals surface area (Å²) in [6.45, 7) is 13.2. The summed E-state index contributed by atoms with van der Waals surface area (Å²) >= 11 is 0. The van der Waals surface area contributed by atoms with E-state index in [0.29, 0.717) is 0 Å². The van der Waals surface area contributed by atoms with E-state index >= 15 is 0 Å². The molecule has 0 amide bonds. The lowest BCUT2D eigenvalue weighted by molar-refractivity contribution is -0.110. The zero-order valence-corrected chi connectivity index (χ0v) is 14.3. The van der Waals surface area contributed by atoms with E-state index in [0.717, 1.165) is 5.71 Å². The molecule has 0 bridgehead atoms. The molecular weight excluding hydrogens is 274 g/mol. The molecule has 1 aliphatic carbocycles. The van der Waals surface area contributed by atoms with Crippen LogP contribution in [0.1, 0.15) is 41.5 Å². The van der Waals surface area contributed by atoms with Crippen molar-refractivity contribution in [3.8, 4) is 0 Å². The molecule has 4 heteroatoms. The number of rotatable bonds is 1. The average Bonchev–Trinajstić information content (AvgIpc) is 2.39. The highest BCUT2D eigenvalue weighted by Gasteiger charge is 2.31. The maximum atomic E-state index is 11.2. The number of nitrogens with zero attached hydrogens (tertiary/aromatic N) is 3. The van der Waals surface area contributed by atoms with Crippen molar-refractivity contribution in [2.45, 2.75) is 47.1 Å². The Morgan fingerprint density at radius 1 is 0.909 bits per heavy atom. The Bertz CT molecular complexity index is 589. The van der Waals surface area contributed by atoms with Crippen LogP contribution in [0.5, 0.6) is 0 Å². The Morgan fingerprint density at radius 2 is 1.50 bits per heavy atom. The first-order valence-electron chi connectivity index (χ1n) is 7.54. The van der Waals surface area contributed by atoms with Crippen LogP contribution < -0.4 is 0 Å². The molecule has 0 radical (unpaired) electrons. The standard InChI is InChI=1S/C18H25N3O/c1-17(2,3)16-13-20(11-12-21(16)18(4,5)6)19-14-7-9-15(22)10-8-14/h7-13H,1-6H3. The van der Waals surface area contributed by atoms with Gasteiger partial charge in [0.15, 0.2) is 5.78 Å². The van der Waals surface area contributed by atoms with Gasteiger partial charge in [-0.05, 0) is 45.1 Å². The minimum absolute atomic E-state index is 0.00188. The number of hydrogen-bond donors (Lipinski definition) is 0. The lowest BCUT2D eigenvalue weighted by Crippen LogP contribution is -2.42. The van der Waals surface area contributed by atoms with Crippen LogP contribution in [0.15, 0.2) is 53.7 Å². The van der Waals surface area contributed by atoms with Crippen LogP contribution in [0.2, 0.25) is 0 Å². The second-order valence-corrected chi connectivity index (χ2v) is 7.58. The van der Waals surface area contributed by atoms with E-state index in [4.69, 9.17) is 0 Å². The molecule has 0 saturated carbocycles. The zero-order valence-electron chi connectivity index (χ0n) is 14.3. The number of carbonyl (C=O) groups is 1. The highest BCUT2D eigenvalue weighted by molar-refractivity contribution is 6.16. The van der Waals surface area contributed by atoms with Crippen LogP contribution in [0.25, 0.3) is 0 Å². The molecular formula is C18H25N3O. The zero-order chi connectivity index (χ0) is 16.5. The molecule has 0 atom stereocenters. The Hall–Kier alpha value is -2.10. The Balaban J connectivity index is 2.32. The molecule has 118 valence electrons. The van der Waals surface area contributed by atoms with E-state index < -0.39 is 0 Å². The van der Waals surface area contributed by atoms with Gasteiger partial charge in [-0.3, -0.25) is 4.79 Å². The third kappa shape index (κ3) is 3.75. The van der Waals surface area contributed by atoms with Gasteiger partial charge >= 0.3 is 0 Å². The van der Waals surface area contributed by atoms with Crippen LogP contribution >= 0.6 is 0 Å². The SMILES string of the molecule is CC(C)(C)C1=CN(N=C2C=CC(=O)C=C2)C=CN1C(C)(C)C. The number of ketones is 1. The van der Waals surface area contributed by atoms with Gasteiger partial charge in [0.25, 0.3) is 0 Å². The Labute approximate surface area is 133 Å². The van der Waals surface area contributed by atoms with Crippen molar-refractivity contribution in [2.24, 2.45) is 10.5 Å². The van der Waals surface area contributed by atoms with Crippen molar-refractivity contribution in [3.05, 3.63) is 48.6 Å². The van der Waals surface area contributed by atoms with Crippen LogP contribution in [0.4, 0.5) is 0 Å². The molecule has 1 heterocycles. The van der Waals surface area contributed by atoms with Gasteiger partial charge in [0.2, 0.25) is 0 Å². The fourth-order valence-electron chi connectivity index (χ4n) is 2.29. The summed E-state index contributed by atoms with van der Waals surface area (Å²) in [6, 6.07) is 0. The van der Waals surface area contributed by atoms with Gasteiger partial charge in [-0.25, -0.2) is 5.01 Å². The molecule has 1 aliphatic heterocycles. The number of hydrazone groups is 1. The van der Waals surface area contributed by atoms with Gasteiger partial charge in [-0.2, -0.15) is 5.10 Å². The quantitative estimate of drug-likeness (QED) is 0.691. The Kier molecular flexibility index (Phi) is 4.14. The predicted octanol–water partition coefficient (Wildman–Crippen LogP) is 3.81. The molecule has 0 fully saturated rings. The van der Waals surface area contributed by atoms with E-state index in [1.807, 2.05) is 11.2 Å². The third-order valence-corrected chi connectivity index (χ3v) is 3.44. The largest absolute Gasteiger partial charge is 0.343 e. The molecule has 0 unspecified atom stereocenters. The summed E-state index contributed by atoms with van der Waals surface area (Å²) in [5, 5.41) is 6.35. The first-order valence-corrected chi connectivity index (χ1v) is 7.54. The highest BCUT2D eigenvalue weighted by atomic mass is 16.1. The van der Waals surface area contributed by atoms with Crippen LogP contribution in [-0.2, 0) is 4.79 Å². The molecule has 0 spiro atoms. The predicted molar refractivity (Wildman–Crippen MR) is 90.8 cm³/mol. The van der Waals surface area contributed by atoms with Crippen molar-refractivity contribution in [2.75, 3.05) is 0 Å². The van der Waals surface area contributed by atoms with E-state index in [-0.39, 0.29) is 16.7 Å². The lowest BCUT2D eigenvalue weighted by Gasteiger charge is -2.44. The van der Waals surface area contributed by atoms with E-state index in [2.05, 4.69) is 63.9 Å². The van der Waals surface area contributed by atoms with Gasteiger partial charge in [-0.15, -0.1) is 0 Å². The summed E-state index contributed by atoms with van der Waals surface area (Å²) in [7, 11) is 0. The molecule has 2 rings (SSSR count). The molecule has 2 aliphatic rings. The van der Waals surface area contributed by atoms with Crippen molar-refractivity contribution < 1.29 is 4.79 Å². The second kappa shape index (κ2) is 5.59. The van der Waals surface area contributed by atoms with Crippen LogP contribution in [0, 0.1) is 5.41 Å². The summed E-state index contributed by atoms with van der Waals surface area (Å²) in [5.74, 6) is -0.00188. The van der Waals surface area contributed by atoms with Gasteiger partial charge in [0.1, 0.15) is 0 Å². The van der Waals surface area contributed by atoms with Crippen molar-refractivity contribution in [1.82, 2.24) is 9.91 Å². The first kappa shape index (κ1) is 16.3. The maximum Gasteiger partial charge on any atom is 0.178 e. The summed E-state index contributed by atoms with van der Waals surface area (Å²) in [4.78, 5) is 13.4. The minimum Gasteiger partial charge on any atom is -0.343 e. The molecule has 0 aromatic rings. The fraction of sp³-hybridized carbons (Fsp3) is 0.444. The summed E-state index contributed by atoms with van der Waals surface area (Å²) in [6.07, 6.45) is 12.6. The van der Waals surface area contributed by atoms with Gasteiger partial charge in [0.05, 0.1) is 5.71 Å². The van der Waals surface area contributed by atoms with E-state index in [1.165, 1.54) is 17.8 Å². The van der Waals surface area contributed by atoms with Crippen LogP contribution in [0.3, 0.4) is 0 Å². The fourth-order valence-corrected chi connectivity index (χ4v) is 2.29. The smallest absolute Gasteiger partial charge is 0.178 e. The monoisotopic (exact) mass is 299 g/mol. The highest BCUT2D eigenvalue weighted by Crippen LogP contribution is 2.35.